The normalized spacial score (nSPS) is 44.7. The average molecular weight is 1560 g/mol. The SMILES string of the molecule is NCC1O[C@H](OC2C(N)C[C@@H](N)C(O)[C@H]2O[C@@H]2O[C@H](Cn3cc(COCCCCCCCCCCCCOCc4cn(C[C@H]5O[C@@H](O[C@H]6C(O[C@H]7OC(CN)C(O)[C@H](O)C7N)C(N)C[C@@H](N)C6O)[C@@H](O)C5O[C@H]5O[C@@H](CN)C(O)C(O)C5N)nn4)nn3)C(O[C@H]3O[C@@H](CN)C(O)C(O)C3N)[C@@H]2O)C(N)[C@@H](O)C1O. The van der Waals surface area contributed by atoms with Gasteiger partial charge >= 0.3 is 0 Å². The Morgan fingerprint density at radius 1 is 0.315 bits per heavy atom. The first-order chi connectivity index (χ1) is 51.7. The zero-order valence-electron chi connectivity index (χ0n) is 60.3. The van der Waals surface area contributed by atoms with Crippen molar-refractivity contribution >= 4 is 0 Å². The average Bonchev–Trinajstić information content (AvgIpc) is 1.48. The van der Waals surface area contributed by atoms with E-state index in [1.54, 1.807) is 12.4 Å². The summed E-state index contributed by atoms with van der Waals surface area (Å²) in [6.07, 6.45) is -27.7. The smallest absolute Gasteiger partial charge is 0.187 e. The fourth-order valence-electron chi connectivity index (χ4n) is 15.0. The van der Waals surface area contributed by atoms with Crippen LogP contribution in [0.25, 0.3) is 0 Å². The van der Waals surface area contributed by atoms with Crippen LogP contribution in [0.1, 0.15) is 88.4 Å². The van der Waals surface area contributed by atoms with Crippen LogP contribution >= 0.6 is 0 Å². The molecule has 8 heterocycles. The van der Waals surface area contributed by atoms with Crippen molar-refractivity contribution in [2.24, 2.45) is 68.8 Å². The molecule has 36 N–H and O–H groups in total. The molecule has 0 bridgehead atoms. The van der Waals surface area contributed by atoms with Crippen LogP contribution in [0, 0.1) is 0 Å². The maximum Gasteiger partial charge on any atom is 0.187 e. The van der Waals surface area contributed by atoms with E-state index < -0.39 is 233 Å². The van der Waals surface area contributed by atoms with Gasteiger partial charge in [0.15, 0.2) is 37.7 Å². The fourth-order valence-corrected chi connectivity index (χ4v) is 15.0. The number of aliphatic hydroxyl groups excluding tert-OH is 12. The summed E-state index contributed by atoms with van der Waals surface area (Å²) in [5.41, 5.74) is 75.0. The summed E-state index contributed by atoms with van der Waals surface area (Å²) in [6, 6.07) is -8.83. The van der Waals surface area contributed by atoms with E-state index in [9.17, 15) is 61.3 Å². The standard InChI is InChI=1S/C64H120N18O26/c65-15-31-43(85)47(89)37(73)59(97-31)103-53-29(71)13-27(69)41(83)57(53)107-63-51(93)55(105-61-39(75)49(91)45(87)33(17-67)99-61)35(101-63)21-81-19-25(77-79-81)23-95-11-9-7-5-3-1-2-4-6-8-10-12-96-24-26-20-82(80-78-26)22-36-56(106-62-40(76)50(92)46(88)34(18-68)100-62)52(94)64(102-36)108-58-42(84)28(70)14-30(72)54(58)104-60-38(74)48(90)44(86)32(16-66)98-60/h19-20,27-64,83-94H,1-18,21-24,65-76H2/t27-,28-,29?,30?,31?,32?,33+,34+,35-,36-,37?,38?,39?,40?,41?,42?,43?,44?,45?,46?,47-,48-,49?,50?,51+,52+,53?,54?,55?,56?,57-,58-,59-,60-,61-,62-,63+,64+/m1/s1. The third-order valence-electron chi connectivity index (χ3n) is 21.6. The summed E-state index contributed by atoms with van der Waals surface area (Å²) in [5, 5.41) is 149. The summed E-state index contributed by atoms with van der Waals surface area (Å²) in [5.74, 6) is 0. The van der Waals surface area contributed by atoms with E-state index in [4.69, 9.17) is 135 Å². The first kappa shape index (κ1) is 87.2. The number of rotatable bonds is 37. The Kier molecular flexibility index (Phi) is 32.6. The van der Waals surface area contributed by atoms with Crippen LogP contribution in [0.3, 0.4) is 0 Å². The van der Waals surface area contributed by atoms with E-state index in [2.05, 4.69) is 20.6 Å². The van der Waals surface area contributed by atoms with Gasteiger partial charge in [0.25, 0.3) is 0 Å². The van der Waals surface area contributed by atoms with E-state index in [1.165, 1.54) is 9.36 Å². The van der Waals surface area contributed by atoms with Crippen LogP contribution in [-0.4, -0.2) is 363 Å². The molecule has 38 atom stereocenters. The minimum absolute atomic E-state index is 0.0506. The van der Waals surface area contributed by atoms with E-state index in [-0.39, 0.29) is 65.3 Å². The lowest BCUT2D eigenvalue weighted by molar-refractivity contribution is -0.306. The highest BCUT2D eigenvalue weighted by molar-refractivity contribution is 5.06. The number of ether oxygens (including phenoxy) is 14. The molecule has 622 valence electrons. The molecule has 6 aliphatic heterocycles. The molecule has 0 spiro atoms. The maximum atomic E-state index is 11.9. The molecule has 2 saturated carbocycles. The highest BCUT2D eigenvalue weighted by atomic mass is 16.8. The maximum absolute atomic E-state index is 11.9. The molecule has 20 unspecified atom stereocenters. The van der Waals surface area contributed by atoms with Gasteiger partial charge in [-0.05, 0) is 25.7 Å². The van der Waals surface area contributed by atoms with Gasteiger partial charge in [0.05, 0.1) is 75.1 Å². The second kappa shape index (κ2) is 40.4. The molecule has 2 aromatic heterocycles. The van der Waals surface area contributed by atoms with Crippen LogP contribution in [0.15, 0.2) is 12.4 Å². The Morgan fingerprint density at radius 2 is 0.583 bits per heavy atom. The van der Waals surface area contributed by atoms with Crippen LogP contribution < -0.4 is 68.8 Å². The van der Waals surface area contributed by atoms with E-state index in [0.717, 1.165) is 64.2 Å². The van der Waals surface area contributed by atoms with Crippen LogP contribution in [0.5, 0.6) is 0 Å². The van der Waals surface area contributed by atoms with Gasteiger partial charge in [-0.15, -0.1) is 10.2 Å². The lowest BCUT2D eigenvalue weighted by Crippen LogP contribution is -2.68. The van der Waals surface area contributed by atoms with Crippen LogP contribution in [-0.2, 0) is 92.6 Å². The highest BCUT2D eigenvalue weighted by Gasteiger charge is 2.58. The van der Waals surface area contributed by atoms with E-state index >= 15 is 0 Å². The minimum Gasteiger partial charge on any atom is -0.389 e. The third-order valence-corrected chi connectivity index (χ3v) is 21.6. The Bertz CT molecular complexity index is 2770. The third kappa shape index (κ3) is 20.9. The van der Waals surface area contributed by atoms with Crippen molar-refractivity contribution in [3.05, 3.63) is 23.8 Å². The number of nitrogens with two attached hydrogens (primary N) is 12. The van der Waals surface area contributed by atoms with Gasteiger partial charge < -0.3 is 196 Å². The second-order valence-electron chi connectivity index (χ2n) is 29.6. The number of aromatic nitrogens is 6. The quantitative estimate of drug-likeness (QED) is 0.0279. The molecule has 0 amide bonds. The first-order valence-corrected chi connectivity index (χ1v) is 37.5. The Morgan fingerprint density at radius 3 is 0.880 bits per heavy atom. The lowest BCUT2D eigenvalue weighted by Gasteiger charge is -2.47. The van der Waals surface area contributed by atoms with Gasteiger partial charge in [-0.2, -0.15) is 0 Å². The molecule has 10 rings (SSSR count). The number of aliphatic hydroxyl groups is 12. The van der Waals surface area contributed by atoms with Crippen molar-refractivity contribution in [3.63, 3.8) is 0 Å². The molecule has 2 aromatic rings. The number of hydrogen-bond acceptors (Lipinski definition) is 42. The molecule has 2 aliphatic carbocycles. The molecule has 0 aromatic carbocycles. The molecule has 108 heavy (non-hydrogen) atoms. The molecular weight excluding hydrogens is 1440 g/mol. The van der Waals surface area contributed by atoms with E-state index in [0.29, 0.717) is 24.6 Å². The van der Waals surface area contributed by atoms with Crippen LogP contribution in [0.2, 0.25) is 0 Å². The monoisotopic (exact) mass is 1560 g/mol. The van der Waals surface area contributed by atoms with Crippen molar-refractivity contribution in [1.82, 2.24) is 30.0 Å². The van der Waals surface area contributed by atoms with Gasteiger partial charge in [-0.3, -0.25) is 0 Å². The summed E-state index contributed by atoms with van der Waals surface area (Å²) < 4.78 is 88.3. The fraction of sp³-hybridized carbons (Fsp3) is 0.938. The van der Waals surface area contributed by atoms with Crippen molar-refractivity contribution in [1.29, 1.82) is 0 Å². The topological polar surface area (TPSA) is 746 Å². The predicted octanol–water partition coefficient (Wildman–Crippen LogP) is -13.2. The Hall–Kier alpha value is -3.24. The van der Waals surface area contributed by atoms with Crippen molar-refractivity contribution < 1.29 is 128 Å². The Balaban J connectivity index is 0.629. The largest absolute Gasteiger partial charge is 0.389 e. The molecule has 0 radical (unpaired) electrons. The minimum atomic E-state index is -1.65. The van der Waals surface area contributed by atoms with Gasteiger partial charge in [-0.1, -0.05) is 61.8 Å². The number of hydrogen-bond donors (Lipinski definition) is 24. The van der Waals surface area contributed by atoms with Gasteiger partial charge in [-0.25, -0.2) is 9.36 Å². The van der Waals surface area contributed by atoms with Crippen LogP contribution in [0.4, 0.5) is 0 Å². The second-order valence-corrected chi connectivity index (χ2v) is 29.6. The first-order valence-electron chi connectivity index (χ1n) is 37.5. The van der Waals surface area contributed by atoms with E-state index in [1.807, 2.05) is 0 Å². The number of nitrogens with zero attached hydrogens (tertiary/aromatic N) is 6. The lowest BCUT2D eigenvalue weighted by atomic mass is 9.84. The van der Waals surface area contributed by atoms with Crippen molar-refractivity contribution in [2.75, 3.05) is 39.4 Å². The molecule has 6 saturated heterocycles. The summed E-state index contributed by atoms with van der Waals surface area (Å²) in [6.45, 7) is 0.287. The Labute approximate surface area is 623 Å². The van der Waals surface area contributed by atoms with Gasteiger partial charge in [0.1, 0.15) is 146 Å². The molecule has 8 fully saturated rings. The van der Waals surface area contributed by atoms with Crippen molar-refractivity contribution in [2.45, 2.75) is 336 Å². The zero-order chi connectivity index (χ0) is 77.9. The summed E-state index contributed by atoms with van der Waals surface area (Å²) in [7, 11) is 0. The van der Waals surface area contributed by atoms with Gasteiger partial charge in [0.2, 0.25) is 0 Å². The highest BCUT2D eigenvalue weighted by Crippen LogP contribution is 2.38. The van der Waals surface area contributed by atoms with Crippen molar-refractivity contribution in [3.8, 4) is 0 Å². The summed E-state index contributed by atoms with van der Waals surface area (Å²) >= 11 is 0. The number of unbranched alkanes of at least 4 members (excludes halogenated alkanes) is 9. The molecular formula is C64H120N18O26. The zero-order valence-corrected chi connectivity index (χ0v) is 60.3. The predicted molar refractivity (Wildman–Crippen MR) is 368 cm³/mol. The van der Waals surface area contributed by atoms with Gasteiger partial charge in [0, 0.05) is 63.6 Å². The molecule has 44 heteroatoms. The molecule has 44 nitrogen and oxygen atoms in total. The molecule has 8 aliphatic rings. The summed E-state index contributed by atoms with van der Waals surface area (Å²) in [4.78, 5) is 0.